The van der Waals surface area contributed by atoms with Crippen LogP contribution in [-0.4, -0.2) is 52.9 Å². The molecule has 7 heteroatoms. The number of carbonyl (C=O) groups is 2. The molecule has 156 valence electrons. The van der Waals surface area contributed by atoms with Crippen LogP contribution in [0.4, 0.5) is 0 Å². The SMILES string of the molecule is O=C1CC(C(=O)N2CCC3(CC2)OCCc2cnc(-c4ccccc4)nc23)CCN1. The molecule has 0 radical (unpaired) electrons. The van der Waals surface area contributed by atoms with Crippen LogP contribution in [0, 0.1) is 5.92 Å². The van der Waals surface area contributed by atoms with E-state index in [1.54, 1.807) is 0 Å². The molecule has 1 unspecified atom stereocenters. The maximum Gasteiger partial charge on any atom is 0.226 e. The highest BCUT2D eigenvalue weighted by atomic mass is 16.5. The van der Waals surface area contributed by atoms with Gasteiger partial charge in [0.25, 0.3) is 0 Å². The molecule has 1 N–H and O–H groups in total. The summed E-state index contributed by atoms with van der Waals surface area (Å²) in [5, 5.41) is 2.80. The molecule has 0 bridgehead atoms. The van der Waals surface area contributed by atoms with Crippen LogP contribution < -0.4 is 5.32 Å². The topological polar surface area (TPSA) is 84.4 Å². The lowest BCUT2D eigenvalue weighted by atomic mass is 9.82. The molecule has 1 aromatic heterocycles. The van der Waals surface area contributed by atoms with E-state index in [0.717, 1.165) is 42.5 Å². The maximum absolute atomic E-state index is 12.9. The zero-order valence-electron chi connectivity index (χ0n) is 17.0. The zero-order chi connectivity index (χ0) is 20.6. The number of rotatable bonds is 2. The van der Waals surface area contributed by atoms with Crippen LogP contribution in [0.25, 0.3) is 11.4 Å². The summed E-state index contributed by atoms with van der Waals surface area (Å²) in [6.45, 7) is 2.49. The predicted molar refractivity (Wildman–Crippen MR) is 110 cm³/mol. The van der Waals surface area contributed by atoms with Crippen molar-refractivity contribution in [2.45, 2.75) is 37.7 Å². The first kappa shape index (κ1) is 19.2. The highest BCUT2D eigenvalue weighted by Gasteiger charge is 2.44. The van der Waals surface area contributed by atoms with E-state index in [2.05, 4.69) is 10.3 Å². The number of piperidine rings is 2. The number of likely N-dealkylation sites (tertiary alicyclic amines) is 1. The van der Waals surface area contributed by atoms with Crippen LogP contribution in [0.3, 0.4) is 0 Å². The van der Waals surface area contributed by atoms with E-state index in [4.69, 9.17) is 9.72 Å². The first-order valence-electron chi connectivity index (χ1n) is 10.8. The summed E-state index contributed by atoms with van der Waals surface area (Å²) in [6, 6.07) is 9.98. The Morgan fingerprint density at radius 2 is 2.00 bits per heavy atom. The van der Waals surface area contributed by atoms with Crippen LogP contribution in [0.1, 0.15) is 36.9 Å². The third-order valence-corrected chi connectivity index (χ3v) is 6.56. The minimum absolute atomic E-state index is 0.0252. The van der Waals surface area contributed by atoms with Crippen LogP contribution in [0.5, 0.6) is 0 Å². The number of benzene rings is 1. The molecule has 1 atom stereocenters. The van der Waals surface area contributed by atoms with Gasteiger partial charge in [-0.15, -0.1) is 0 Å². The molecule has 30 heavy (non-hydrogen) atoms. The molecular formula is C23H26N4O3. The lowest BCUT2D eigenvalue weighted by Gasteiger charge is -2.44. The van der Waals surface area contributed by atoms with Gasteiger partial charge < -0.3 is 15.0 Å². The van der Waals surface area contributed by atoms with E-state index >= 15 is 0 Å². The Hall–Kier alpha value is -2.80. The molecule has 2 aromatic rings. The van der Waals surface area contributed by atoms with Crippen LogP contribution in [0.2, 0.25) is 0 Å². The fraction of sp³-hybridized carbons (Fsp3) is 0.478. The lowest BCUT2D eigenvalue weighted by Crippen LogP contribution is -2.51. The van der Waals surface area contributed by atoms with Crippen molar-refractivity contribution in [2.75, 3.05) is 26.2 Å². The number of nitrogens with zero attached hydrogens (tertiary/aromatic N) is 3. The van der Waals surface area contributed by atoms with E-state index in [0.29, 0.717) is 38.5 Å². The van der Waals surface area contributed by atoms with Gasteiger partial charge in [-0.25, -0.2) is 9.97 Å². The van der Waals surface area contributed by atoms with E-state index in [-0.39, 0.29) is 17.7 Å². The fourth-order valence-electron chi connectivity index (χ4n) is 4.86. The molecule has 2 fully saturated rings. The van der Waals surface area contributed by atoms with Crippen LogP contribution in [-0.2, 0) is 26.3 Å². The van der Waals surface area contributed by atoms with E-state index in [1.165, 1.54) is 0 Å². The third-order valence-electron chi connectivity index (χ3n) is 6.56. The minimum Gasteiger partial charge on any atom is -0.368 e. The third kappa shape index (κ3) is 3.47. The number of carbonyl (C=O) groups excluding carboxylic acids is 2. The summed E-state index contributed by atoms with van der Waals surface area (Å²) in [4.78, 5) is 36.0. The average Bonchev–Trinajstić information content (AvgIpc) is 2.80. The first-order valence-corrected chi connectivity index (χ1v) is 10.8. The number of amides is 2. The van der Waals surface area contributed by atoms with Gasteiger partial charge in [0, 0.05) is 43.7 Å². The van der Waals surface area contributed by atoms with Gasteiger partial charge in [-0.1, -0.05) is 30.3 Å². The van der Waals surface area contributed by atoms with Crippen molar-refractivity contribution in [3.63, 3.8) is 0 Å². The molecule has 4 heterocycles. The van der Waals surface area contributed by atoms with Gasteiger partial charge in [-0.2, -0.15) is 0 Å². The van der Waals surface area contributed by atoms with Gasteiger partial charge in [-0.05, 0) is 31.2 Å². The quantitative estimate of drug-likeness (QED) is 0.825. The summed E-state index contributed by atoms with van der Waals surface area (Å²) in [5.74, 6) is 0.594. The number of hydrogen-bond acceptors (Lipinski definition) is 5. The van der Waals surface area contributed by atoms with Gasteiger partial charge in [0.1, 0.15) is 5.60 Å². The Morgan fingerprint density at radius 1 is 1.20 bits per heavy atom. The number of nitrogens with one attached hydrogen (secondary N) is 1. The first-order chi connectivity index (χ1) is 14.6. The van der Waals surface area contributed by atoms with Gasteiger partial charge in [0.2, 0.25) is 11.8 Å². The molecule has 1 aromatic carbocycles. The monoisotopic (exact) mass is 406 g/mol. The summed E-state index contributed by atoms with van der Waals surface area (Å²) in [5.41, 5.74) is 2.65. The molecule has 0 aliphatic carbocycles. The summed E-state index contributed by atoms with van der Waals surface area (Å²) < 4.78 is 6.32. The van der Waals surface area contributed by atoms with Crippen molar-refractivity contribution in [1.29, 1.82) is 0 Å². The molecule has 2 amide bonds. The van der Waals surface area contributed by atoms with Crippen molar-refractivity contribution >= 4 is 11.8 Å². The molecular weight excluding hydrogens is 380 g/mol. The van der Waals surface area contributed by atoms with Gasteiger partial charge in [0.15, 0.2) is 5.82 Å². The Labute approximate surface area is 175 Å². The summed E-state index contributed by atoms with van der Waals surface area (Å²) in [6.07, 6.45) is 5.21. The molecule has 0 saturated carbocycles. The molecule has 2 saturated heterocycles. The molecule has 1 spiro atoms. The maximum atomic E-state index is 12.9. The highest BCUT2D eigenvalue weighted by Crippen LogP contribution is 2.41. The van der Waals surface area contributed by atoms with Crippen molar-refractivity contribution in [1.82, 2.24) is 20.2 Å². The zero-order valence-corrected chi connectivity index (χ0v) is 17.0. The standard InChI is InChI=1S/C23H26N4O3/c28-19-14-17(6-10-24-19)22(29)27-11-8-23(9-12-27)20-18(7-13-30-23)15-25-21(26-20)16-4-2-1-3-5-16/h1-5,15,17H,6-14H2,(H,24,28). The van der Waals surface area contributed by atoms with Crippen molar-refractivity contribution in [3.8, 4) is 11.4 Å². The molecule has 3 aliphatic rings. The van der Waals surface area contributed by atoms with E-state index in [1.807, 2.05) is 41.4 Å². The van der Waals surface area contributed by atoms with Crippen molar-refractivity contribution in [2.24, 2.45) is 5.92 Å². The number of fused-ring (bicyclic) bond motifs is 2. The van der Waals surface area contributed by atoms with Crippen LogP contribution in [0.15, 0.2) is 36.5 Å². The Balaban J connectivity index is 1.36. The predicted octanol–water partition coefficient (Wildman–Crippen LogP) is 2.06. The van der Waals surface area contributed by atoms with E-state index in [9.17, 15) is 9.59 Å². The number of ether oxygens (including phenoxy) is 1. The normalized spacial score (nSPS) is 23.0. The van der Waals surface area contributed by atoms with Crippen molar-refractivity contribution < 1.29 is 14.3 Å². The summed E-state index contributed by atoms with van der Waals surface area (Å²) in [7, 11) is 0. The van der Waals surface area contributed by atoms with Crippen LogP contribution >= 0.6 is 0 Å². The lowest BCUT2D eigenvalue weighted by molar-refractivity contribution is -0.148. The largest absolute Gasteiger partial charge is 0.368 e. The Bertz CT molecular complexity index is 954. The second-order valence-corrected chi connectivity index (χ2v) is 8.39. The number of aromatic nitrogens is 2. The summed E-state index contributed by atoms with van der Waals surface area (Å²) >= 11 is 0. The molecule has 3 aliphatic heterocycles. The highest BCUT2D eigenvalue weighted by molar-refractivity contribution is 5.87. The average molecular weight is 406 g/mol. The minimum atomic E-state index is -0.458. The van der Waals surface area contributed by atoms with E-state index < -0.39 is 5.60 Å². The van der Waals surface area contributed by atoms with Gasteiger partial charge in [0.05, 0.1) is 12.3 Å². The number of hydrogen-bond donors (Lipinski definition) is 1. The molecule has 5 rings (SSSR count). The Morgan fingerprint density at radius 3 is 2.77 bits per heavy atom. The smallest absolute Gasteiger partial charge is 0.226 e. The second-order valence-electron chi connectivity index (χ2n) is 8.39. The van der Waals surface area contributed by atoms with Gasteiger partial charge >= 0.3 is 0 Å². The Kier molecular flexibility index (Phi) is 4.98. The molecule has 7 nitrogen and oxygen atoms in total. The van der Waals surface area contributed by atoms with Crippen molar-refractivity contribution in [3.05, 3.63) is 47.8 Å². The fourth-order valence-corrected chi connectivity index (χ4v) is 4.86. The second kappa shape index (κ2) is 7.80. The van der Waals surface area contributed by atoms with Gasteiger partial charge in [-0.3, -0.25) is 9.59 Å².